The first-order chi connectivity index (χ1) is 16.0. The van der Waals surface area contributed by atoms with Gasteiger partial charge < -0.3 is 18.9 Å². The van der Waals surface area contributed by atoms with Gasteiger partial charge in [0.05, 0.1) is 12.3 Å². The van der Waals surface area contributed by atoms with E-state index in [2.05, 4.69) is 55.1 Å². The Balaban J connectivity index is 2.01. The van der Waals surface area contributed by atoms with Crippen molar-refractivity contribution in [1.29, 1.82) is 0 Å². The van der Waals surface area contributed by atoms with E-state index in [9.17, 15) is 4.79 Å². The van der Waals surface area contributed by atoms with E-state index < -0.39 is 12.4 Å². The number of carbonyl (C=O) groups is 1. The molecule has 0 fully saturated rings. The summed E-state index contributed by atoms with van der Waals surface area (Å²) in [7, 11) is 3.41. The van der Waals surface area contributed by atoms with E-state index in [0.717, 1.165) is 28.1 Å². The highest BCUT2D eigenvalue weighted by Crippen LogP contribution is 2.37. The minimum absolute atomic E-state index is 0.0408. The third-order valence-corrected chi connectivity index (χ3v) is 5.69. The quantitative estimate of drug-likeness (QED) is 0.227. The average Bonchev–Trinajstić information content (AvgIpc) is 3.54. The number of rotatable bonds is 9. The molecule has 0 saturated heterocycles. The Hall–Kier alpha value is -3.13. The Morgan fingerprint density at radius 3 is 2.26 bits per heavy atom. The highest BCUT2D eigenvalue weighted by molar-refractivity contribution is 6.04. The summed E-state index contributed by atoms with van der Waals surface area (Å²) in [6.45, 7) is 12.6. The number of aliphatic imine (C=N–C) groups is 1. The number of ether oxygens (including phenoxy) is 4. The molecule has 0 radical (unpaired) electrons. The Morgan fingerprint density at radius 2 is 1.76 bits per heavy atom. The minimum atomic E-state index is -0.901. The standard InChI is InChI=1S/C26H35N3O5/c1-16-17(2)28-29(7)23(16)24(33-18(3)34-25(30)32-14-13-31-8)22(21-15-27-21)19-9-11-20(12-10-19)26(4,5)6/h9-12,15,18,21H,13-14H2,1-8H3/b24-22+. The fourth-order valence-corrected chi connectivity index (χ4v) is 3.67. The Bertz CT molecular complexity index is 1070. The van der Waals surface area contributed by atoms with Crippen molar-refractivity contribution in [3.63, 3.8) is 0 Å². The van der Waals surface area contributed by atoms with Crippen LogP contribution in [0.5, 0.6) is 0 Å². The van der Waals surface area contributed by atoms with Gasteiger partial charge in [0.15, 0.2) is 5.76 Å². The number of methoxy groups -OCH3 is 1. The van der Waals surface area contributed by atoms with Gasteiger partial charge in [0.25, 0.3) is 0 Å². The maximum Gasteiger partial charge on any atom is 0.511 e. The lowest BCUT2D eigenvalue weighted by atomic mass is 9.85. The zero-order valence-corrected chi connectivity index (χ0v) is 21.3. The average molecular weight is 470 g/mol. The molecule has 2 unspecified atom stereocenters. The summed E-state index contributed by atoms with van der Waals surface area (Å²) in [6, 6.07) is 8.31. The van der Waals surface area contributed by atoms with Crippen LogP contribution in [0.2, 0.25) is 0 Å². The summed E-state index contributed by atoms with van der Waals surface area (Å²) < 4.78 is 23.3. The molecule has 8 nitrogen and oxygen atoms in total. The zero-order chi connectivity index (χ0) is 25.0. The van der Waals surface area contributed by atoms with Gasteiger partial charge in [-0.15, -0.1) is 0 Å². The van der Waals surface area contributed by atoms with Gasteiger partial charge in [-0.3, -0.25) is 9.67 Å². The molecular formula is C26H35N3O5. The van der Waals surface area contributed by atoms with Gasteiger partial charge in [0.1, 0.15) is 18.3 Å². The lowest BCUT2D eigenvalue weighted by molar-refractivity contribution is -0.0701. The number of aromatic nitrogens is 2. The van der Waals surface area contributed by atoms with Crippen molar-refractivity contribution in [2.75, 3.05) is 20.3 Å². The molecule has 1 aromatic carbocycles. The number of nitrogens with zero attached hydrogens (tertiary/aromatic N) is 3. The third-order valence-electron chi connectivity index (χ3n) is 5.69. The first-order valence-electron chi connectivity index (χ1n) is 11.4. The molecule has 0 aliphatic carbocycles. The van der Waals surface area contributed by atoms with E-state index >= 15 is 0 Å². The van der Waals surface area contributed by atoms with E-state index in [1.165, 1.54) is 12.7 Å². The first kappa shape index (κ1) is 25.5. The lowest BCUT2D eigenvalue weighted by Crippen LogP contribution is -2.21. The fraction of sp³-hybridized carbons (Fsp3) is 0.500. The van der Waals surface area contributed by atoms with Crippen molar-refractivity contribution in [2.24, 2.45) is 12.0 Å². The molecule has 0 saturated carbocycles. The zero-order valence-electron chi connectivity index (χ0n) is 21.3. The van der Waals surface area contributed by atoms with Crippen LogP contribution in [0.3, 0.4) is 0 Å². The summed E-state index contributed by atoms with van der Waals surface area (Å²) in [4.78, 5) is 16.5. The maximum atomic E-state index is 12.1. The van der Waals surface area contributed by atoms with Gasteiger partial charge in [-0.25, -0.2) is 4.79 Å². The Morgan fingerprint density at radius 1 is 1.12 bits per heavy atom. The molecule has 1 aliphatic rings. The summed E-state index contributed by atoms with van der Waals surface area (Å²) in [6.07, 6.45) is 0.155. The maximum absolute atomic E-state index is 12.1. The fourth-order valence-electron chi connectivity index (χ4n) is 3.67. The number of benzene rings is 1. The highest BCUT2D eigenvalue weighted by Gasteiger charge is 2.31. The van der Waals surface area contributed by atoms with Gasteiger partial charge in [-0.05, 0) is 30.4 Å². The van der Waals surface area contributed by atoms with E-state index in [-0.39, 0.29) is 24.7 Å². The largest absolute Gasteiger partial charge is 0.511 e. The van der Waals surface area contributed by atoms with Crippen LogP contribution in [0.15, 0.2) is 29.3 Å². The van der Waals surface area contributed by atoms with Crippen molar-refractivity contribution < 1.29 is 23.7 Å². The van der Waals surface area contributed by atoms with E-state index in [1.54, 1.807) is 11.6 Å². The predicted molar refractivity (Wildman–Crippen MR) is 132 cm³/mol. The number of aryl methyl sites for hydroxylation is 2. The molecule has 0 amide bonds. The van der Waals surface area contributed by atoms with Crippen molar-refractivity contribution in [2.45, 2.75) is 59.3 Å². The predicted octanol–water partition coefficient (Wildman–Crippen LogP) is 4.82. The van der Waals surface area contributed by atoms with Crippen LogP contribution >= 0.6 is 0 Å². The van der Waals surface area contributed by atoms with Crippen molar-refractivity contribution in [3.05, 3.63) is 52.3 Å². The SMILES string of the molecule is COCCOC(=O)OC(C)O/C(=C(\c1ccc(C(C)(C)C)cc1)C1C=N1)c1c(C)c(C)nn1C. The normalized spacial score (nSPS) is 16.6. The molecule has 0 N–H and O–H groups in total. The Labute approximate surface area is 201 Å². The molecule has 1 aromatic heterocycles. The number of carbonyl (C=O) groups excluding carboxylic acids is 1. The van der Waals surface area contributed by atoms with E-state index in [0.29, 0.717) is 5.76 Å². The van der Waals surface area contributed by atoms with Crippen LogP contribution in [-0.2, 0) is 31.4 Å². The molecule has 2 atom stereocenters. The third kappa shape index (κ3) is 6.05. The molecule has 2 heterocycles. The second-order valence-electron chi connectivity index (χ2n) is 9.39. The van der Waals surface area contributed by atoms with Crippen molar-refractivity contribution >= 4 is 23.7 Å². The Kier molecular flexibility index (Phi) is 7.82. The van der Waals surface area contributed by atoms with Crippen LogP contribution in [0, 0.1) is 13.8 Å². The van der Waals surface area contributed by atoms with Crippen LogP contribution in [0.1, 0.15) is 55.8 Å². The molecule has 0 spiro atoms. The second-order valence-corrected chi connectivity index (χ2v) is 9.39. The molecular weight excluding hydrogens is 434 g/mol. The van der Waals surface area contributed by atoms with Gasteiger partial charge >= 0.3 is 6.16 Å². The second kappa shape index (κ2) is 10.4. The summed E-state index contributed by atoms with van der Waals surface area (Å²) in [5.41, 5.74) is 5.85. The molecule has 0 bridgehead atoms. The molecule has 1 aliphatic heterocycles. The monoisotopic (exact) mass is 469 g/mol. The summed E-state index contributed by atoms with van der Waals surface area (Å²) in [5, 5.41) is 4.57. The van der Waals surface area contributed by atoms with Crippen LogP contribution in [0.25, 0.3) is 11.3 Å². The summed E-state index contributed by atoms with van der Waals surface area (Å²) in [5.74, 6) is 0.573. The molecule has 8 heteroatoms. The van der Waals surface area contributed by atoms with Gasteiger partial charge in [0.2, 0.25) is 6.29 Å². The van der Waals surface area contributed by atoms with Gasteiger partial charge in [-0.1, -0.05) is 45.0 Å². The van der Waals surface area contributed by atoms with Crippen LogP contribution < -0.4 is 0 Å². The smallest absolute Gasteiger partial charge is 0.452 e. The van der Waals surface area contributed by atoms with E-state index in [1.807, 2.05) is 27.1 Å². The summed E-state index contributed by atoms with van der Waals surface area (Å²) >= 11 is 0. The van der Waals surface area contributed by atoms with Crippen molar-refractivity contribution in [1.82, 2.24) is 9.78 Å². The number of hydrogen-bond acceptors (Lipinski definition) is 7. The van der Waals surface area contributed by atoms with E-state index in [4.69, 9.17) is 18.9 Å². The molecule has 3 rings (SSSR count). The van der Waals surface area contributed by atoms with Gasteiger partial charge in [0, 0.05) is 38.4 Å². The van der Waals surface area contributed by atoms with Crippen LogP contribution in [0.4, 0.5) is 4.79 Å². The van der Waals surface area contributed by atoms with Gasteiger partial charge in [-0.2, -0.15) is 5.10 Å². The molecule has 184 valence electrons. The lowest BCUT2D eigenvalue weighted by Gasteiger charge is -2.23. The molecule has 34 heavy (non-hydrogen) atoms. The van der Waals surface area contributed by atoms with Crippen molar-refractivity contribution in [3.8, 4) is 0 Å². The first-order valence-corrected chi connectivity index (χ1v) is 11.4. The van der Waals surface area contributed by atoms with Crippen LogP contribution in [-0.4, -0.2) is 54.8 Å². The topological polar surface area (TPSA) is 84.2 Å². The molecule has 2 aromatic rings. The highest BCUT2D eigenvalue weighted by atomic mass is 16.8. The number of hydrogen-bond donors (Lipinski definition) is 0. The minimum Gasteiger partial charge on any atom is -0.452 e.